The third-order valence-electron chi connectivity index (χ3n) is 11.8. The Balaban J connectivity index is 1.30. The molecule has 10 heteroatoms. The highest BCUT2D eigenvalue weighted by Gasteiger charge is 2.87. The zero-order valence-electron chi connectivity index (χ0n) is 25.0. The summed E-state index contributed by atoms with van der Waals surface area (Å²) in [4.78, 5) is 42.3. The molecule has 10 nitrogen and oxygen atoms in total. The lowest BCUT2D eigenvalue weighted by Gasteiger charge is -2.74. The standard InChI is InChI=1S/C33H39NO9/c1-16-19-8-9-22-31-15-41-33(40,28(39)26(31)30(2,3)11-10-23(31)35)32(22,27(16)38)29(19)43-25(37)13-17-12-24(36)42-21-14-18(34(4)5)6-7-20(17)21/h6-7,12,14,19,22-23,26,28-29,35,39-40H,1,8-11,13,15H2,2-5H3/t19-,22-,23-,26+,28-,29+,31+,32-,33-/m0/s1. The van der Waals surface area contributed by atoms with E-state index < -0.39 is 75.5 Å². The SMILES string of the molecule is C=C1C(=O)[C@]23[C@H](OC(=O)Cc4cc(=O)oc5cc(N(C)C)ccc45)[C@H]1CC[C@H]2[C@@]12CO[C@@]3(O)[C@@H](O)[C@@H]1C(C)(C)CC[C@@H]2O. The van der Waals surface area contributed by atoms with Crippen molar-refractivity contribution in [2.75, 3.05) is 25.6 Å². The van der Waals surface area contributed by atoms with Crippen LogP contribution in [0.1, 0.15) is 45.1 Å². The average molecular weight is 594 g/mol. The summed E-state index contributed by atoms with van der Waals surface area (Å²) in [5.74, 6) is -5.21. The first kappa shape index (κ1) is 28.7. The first-order valence-electron chi connectivity index (χ1n) is 15.1. The number of aliphatic hydroxyl groups excluding tert-OH is 2. The molecule has 6 aliphatic rings. The van der Waals surface area contributed by atoms with Crippen molar-refractivity contribution in [3.63, 3.8) is 0 Å². The van der Waals surface area contributed by atoms with Crippen molar-refractivity contribution >= 4 is 28.4 Å². The molecule has 4 bridgehead atoms. The number of esters is 1. The van der Waals surface area contributed by atoms with Gasteiger partial charge < -0.3 is 34.1 Å². The Labute approximate surface area is 249 Å². The Morgan fingerprint density at radius 2 is 1.88 bits per heavy atom. The molecule has 2 aliphatic heterocycles. The first-order valence-corrected chi connectivity index (χ1v) is 15.1. The van der Waals surface area contributed by atoms with Crippen molar-refractivity contribution in [1.82, 2.24) is 0 Å². The lowest BCUT2D eigenvalue weighted by molar-refractivity contribution is -0.458. The lowest BCUT2D eigenvalue weighted by Crippen LogP contribution is -2.85. The van der Waals surface area contributed by atoms with Crippen LogP contribution in [-0.4, -0.2) is 71.9 Å². The second-order valence-corrected chi connectivity index (χ2v) is 14.3. The van der Waals surface area contributed by atoms with Gasteiger partial charge in [-0.05, 0) is 60.3 Å². The van der Waals surface area contributed by atoms with Gasteiger partial charge in [-0.15, -0.1) is 0 Å². The van der Waals surface area contributed by atoms with Gasteiger partial charge in [0.25, 0.3) is 0 Å². The summed E-state index contributed by atoms with van der Waals surface area (Å²) in [5, 5.41) is 36.5. The van der Waals surface area contributed by atoms with Crippen LogP contribution in [0.3, 0.4) is 0 Å². The number of hydrogen-bond acceptors (Lipinski definition) is 10. The van der Waals surface area contributed by atoms with E-state index >= 15 is 0 Å². The Morgan fingerprint density at radius 1 is 1.14 bits per heavy atom. The minimum atomic E-state index is -2.33. The molecule has 2 saturated heterocycles. The molecule has 9 atom stereocenters. The van der Waals surface area contributed by atoms with E-state index in [4.69, 9.17) is 13.9 Å². The van der Waals surface area contributed by atoms with Gasteiger partial charge in [0.1, 0.15) is 23.2 Å². The second-order valence-electron chi connectivity index (χ2n) is 14.3. The van der Waals surface area contributed by atoms with Gasteiger partial charge in [0, 0.05) is 54.6 Å². The Hall–Kier alpha value is -3.05. The number of hydrogen-bond donors (Lipinski definition) is 3. The second kappa shape index (κ2) is 9.00. The molecule has 3 heterocycles. The summed E-state index contributed by atoms with van der Waals surface area (Å²) in [5.41, 5.74) is -2.09. The summed E-state index contributed by atoms with van der Waals surface area (Å²) in [6, 6.07) is 6.61. The summed E-state index contributed by atoms with van der Waals surface area (Å²) in [6.07, 6.45) is -1.72. The maximum Gasteiger partial charge on any atom is 0.336 e. The van der Waals surface area contributed by atoms with E-state index in [0.717, 1.165) is 5.69 Å². The van der Waals surface area contributed by atoms with Crippen LogP contribution in [0, 0.1) is 34.0 Å². The minimum Gasteiger partial charge on any atom is -0.460 e. The fraction of sp³-hybridized carbons (Fsp3) is 0.606. The topological polar surface area (TPSA) is 147 Å². The molecule has 0 radical (unpaired) electrons. The number of Topliss-reactive ketones (excluding diaryl/α,β-unsaturated/α-hetero) is 1. The molecule has 4 aliphatic carbocycles. The van der Waals surface area contributed by atoms with Crippen LogP contribution in [0.4, 0.5) is 5.69 Å². The highest BCUT2D eigenvalue weighted by Crippen LogP contribution is 2.76. The number of rotatable bonds is 4. The number of carbonyl (C=O) groups excluding carboxylic acids is 2. The zero-order chi connectivity index (χ0) is 30.9. The van der Waals surface area contributed by atoms with E-state index in [1.54, 1.807) is 12.1 Å². The van der Waals surface area contributed by atoms with Crippen molar-refractivity contribution in [3.05, 3.63) is 52.4 Å². The normalized spacial score (nSPS) is 40.7. The molecule has 8 rings (SSSR count). The highest BCUT2D eigenvalue weighted by molar-refractivity contribution is 6.05. The third kappa shape index (κ3) is 3.41. The van der Waals surface area contributed by atoms with E-state index in [9.17, 15) is 29.7 Å². The largest absolute Gasteiger partial charge is 0.460 e. The van der Waals surface area contributed by atoms with Gasteiger partial charge in [0.15, 0.2) is 5.78 Å². The smallest absolute Gasteiger partial charge is 0.336 e. The predicted molar refractivity (Wildman–Crippen MR) is 155 cm³/mol. The monoisotopic (exact) mass is 593 g/mol. The molecule has 4 saturated carbocycles. The van der Waals surface area contributed by atoms with E-state index in [-0.39, 0.29) is 18.6 Å². The number of ketones is 1. The molecule has 6 fully saturated rings. The van der Waals surface area contributed by atoms with Crippen LogP contribution in [0.25, 0.3) is 11.0 Å². The summed E-state index contributed by atoms with van der Waals surface area (Å²) < 4.78 is 17.7. The van der Waals surface area contributed by atoms with Gasteiger partial charge in [0.05, 0.1) is 19.1 Å². The third-order valence-corrected chi connectivity index (χ3v) is 11.8. The number of aliphatic hydroxyl groups is 3. The average Bonchev–Trinajstić information content (AvgIpc) is 3.05. The Morgan fingerprint density at radius 3 is 2.60 bits per heavy atom. The molecule has 3 N–H and O–H groups in total. The quantitative estimate of drug-likeness (QED) is 0.274. The molecule has 1 aromatic heterocycles. The molecular formula is C33H39NO9. The summed E-state index contributed by atoms with van der Waals surface area (Å²) in [6.45, 7) is 8.09. The number of carbonyl (C=O) groups is 2. The predicted octanol–water partition coefficient (Wildman–Crippen LogP) is 2.34. The van der Waals surface area contributed by atoms with Gasteiger partial charge >= 0.3 is 11.6 Å². The zero-order valence-corrected chi connectivity index (χ0v) is 25.0. The minimum absolute atomic E-state index is 0.00591. The summed E-state index contributed by atoms with van der Waals surface area (Å²) >= 11 is 0. The van der Waals surface area contributed by atoms with Gasteiger partial charge in [-0.2, -0.15) is 0 Å². The first-order chi connectivity index (χ1) is 20.2. The molecule has 2 aromatic rings. The summed E-state index contributed by atoms with van der Waals surface area (Å²) in [7, 11) is 3.73. The van der Waals surface area contributed by atoms with Gasteiger partial charge in [-0.1, -0.05) is 20.4 Å². The fourth-order valence-corrected chi connectivity index (χ4v) is 10.0. The van der Waals surface area contributed by atoms with Crippen LogP contribution in [-0.2, 0) is 25.5 Å². The van der Waals surface area contributed by atoms with E-state index in [1.165, 1.54) is 6.07 Å². The van der Waals surface area contributed by atoms with Gasteiger partial charge in [-0.25, -0.2) is 4.79 Å². The maximum atomic E-state index is 14.3. The molecule has 230 valence electrons. The van der Waals surface area contributed by atoms with Crippen LogP contribution in [0.5, 0.6) is 0 Å². The fourth-order valence-electron chi connectivity index (χ4n) is 10.0. The molecule has 0 unspecified atom stereocenters. The Kier molecular flexibility index (Phi) is 6.01. The van der Waals surface area contributed by atoms with E-state index in [2.05, 4.69) is 6.58 Å². The molecule has 2 spiro atoms. The van der Waals surface area contributed by atoms with Crippen LogP contribution >= 0.6 is 0 Å². The molecule has 1 aromatic carbocycles. The highest BCUT2D eigenvalue weighted by atomic mass is 16.6. The molecule has 43 heavy (non-hydrogen) atoms. The number of ether oxygens (including phenoxy) is 2. The van der Waals surface area contributed by atoms with E-state index in [0.29, 0.717) is 42.2 Å². The number of fused-ring (bicyclic) bond motifs is 3. The van der Waals surface area contributed by atoms with Crippen LogP contribution in [0.15, 0.2) is 45.6 Å². The van der Waals surface area contributed by atoms with Crippen molar-refractivity contribution in [2.24, 2.45) is 34.0 Å². The van der Waals surface area contributed by atoms with Crippen molar-refractivity contribution in [1.29, 1.82) is 0 Å². The van der Waals surface area contributed by atoms with E-state index in [1.807, 2.05) is 38.9 Å². The number of anilines is 1. The Bertz CT molecular complexity index is 1630. The number of benzene rings is 1. The molecular weight excluding hydrogens is 554 g/mol. The van der Waals surface area contributed by atoms with Gasteiger partial charge in [0.2, 0.25) is 5.79 Å². The van der Waals surface area contributed by atoms with Crippen LogP contribution < -0.4 is 10.5 Å². The molecule has 0 amide bonds. The van der Waals surface area contributed by atoms with Crippen molar-refractivity contribution < 1.29 is 38.8 Å². The maximum absolute atomic E-state index is 14.3. The lowest BCUT2D eigenvalue weighted by atomic mass is 9.35. The van der Waals surface area contributed by atoms with Crippen molar-refractivity contribution in [2.45, 2.75) is 70.1 Å². The number of nitrogens with zero attached hydrogens (tertiary/aromatic N) is 1. The van der Waals surface area contributed by atoms with Crippen molar-refractivity contribution in [3.8, 4) is 0 Å². The van der Waals surface area contributed by atoms with Gasteiger partial charge in [-0.3, -0.25) is 9.59 Å². The van der Waals surface area contributed by atoms with Crippen LogP contribution in [0.2, 0.25) is 0 Å².